The maximum Gasteiger partial charge on any atom is 0.253 e. The third kappa shape index (κ3) is 3.23. The fraction of sp³-hybridized carbons (Fsp3) is 0.500. The first-order chi connectivity index (χ1) is 8.74. The second-order valence-electron chi connectivity index (χ2n) is 5.23. The number of amides is 1. The molecule has 2 heterocycles. The van der Waals surface area contributed by atoms with Crippen molar-refractivity contribution in [3.05, 3.63) is 33.4 Å². The molecule has 19 heavy (non-hydrogen) atoms. The lowest BCUT2D eigenvalue weighted by Crippen LogP contribution is -2.43. The van der Waals surface area contributed by atoms with Gasteiger partial charge in [0.25, 0.3) is 5.91 Å². The molecule has 2 aliphatic rings. The van der Waals surface area contributed by atoms with Crippen molar-refractivity contribution in [2.24, 2.45) is 11.8 Å². The lowest BCUT2D eigenvalue weighted by atomic mass is 9.88. The van der Waals surface area contributed by atoms with Crippen LogP contribution in [0.4, 0.5) is 0 Å². The van der Waals surface area contributed by atoms with E-state index in [2.05, 4.69) is 27.9 Å². The number of hydrogen-bond donors (Lipinski definition) is 1. The maximum absolute atomic E-state index is 12.4. The molecule has 2 atom stereocenters. The van der Waals surface area contributed by atoms with Gasteiger partial charge in [0.1, 0.15) is 0 Å². The SMILES string of the molecule is Cl.O=C(c1cccc(I)c1)N1CCC2CNCC2C1. The van der Waals surface area contributed by atoms with Crippen LogP contribution in [0.5, 0.6) is 0 Å². The molecule has 0 bridgehead atoms. The van der Waals surface area contributed by atoms with Crippen LogP contribution in [-0.2, 0) is 0 Å². The van der Waals surface area contributed by atoms with E-state index in [1.807, 2.05) is 29.2 Å². The van der Waals surface area contributed by atoms with Crippen molar-refractivity contribution in [3.63, 3.8) is 0 Å². The fourth-order valence-corrected chi connectivity index (χ4v) is 3.57. The summed E-state index contributed by atoms with van der Waals surface area (Å²) in [6.07, 6.45) is 1.15. The Morgan fingerprint density at radius 3 is 2.89 bits per heavy atom. The number of likely N-dealkylation sites (tertiary alicyclic amines) is 1. The third-order valence-corrected chi connectivity index (χ3v) is 4.73. The van der Waals surface area contributed by atoms with Gasteiger partial charge in [0.15, 0.2) is 0 Å². The maximum atomic E-state index is 12.4. The van der Waals surface area contributed by atoms with E-state index in [1.54, 1.807) is 0 Å². The van der Waals surface area contributed by atoms with Crippen molar-refractivity contribution in [1.82, 2.24) is 10.2 Å². The Hall–Kier alpha value is -0.330. The van der Waals surface area contributed by atoms with E-state index in [1.165, 1.54) is 0 Å². The second-order valence-corrected chi connectivity index (χ2v) is 6.47. The molecule has 0 aliphatic carbocycles. The van der Waals surface area contributed by atoms with Gasteiger partial charge in [-0.15, -0.1) is 12.4 Å². The van der Waals surface area contributed by atoms with E-state index in [9.17, 15) is 4.79 Å². The van der Waals surface area contributed by atoms with Crippen LogP contribution in [0.25, 0.3) is 0 Å². The van der Waals surface area contributed by atoms with Gasteiger partial charge in [0.05, 0.1) is 0 Å². The van der Waals surface area contributed by atoms with Gasteiger partial charge < -0.3 is 10.2 Å². The van der Waals surface area contributed by atoms with E-state index in [-0.39, 0.29) is 18.3 Å². The fourth-order valence-electron chi connectivity index (χ4n) is 3.02. The van der Waals surface area contributed by atoms with Crippen molar-refractivity contribution in [1.29, 1.82) is 0 Å². The zero-order valence-corrected chi connectivity index (χ0v) is 13.6. The first-order valence-corrected chi connectivity index (χ1v) is 7.57. The summed E-state index contributed by atoms with van der Waals surface area (Å²) in [5.74, 6) is 1.63. The van der Waals surface area contributed by atoms with Gasteiger partial charge in [-0.05, 0) is 72.1 Å². The van der Waals surface area contributed by atoms with Gasteiger partial charge in [-0.2, -0.15) is 0 Å². The highest BCUT2D eigenvalue weighted by molar-refractivity contribution is 14.1. The monoisotopic (exact) mass is 392 g/mol. The smallest absolute Gasteiger partial charge is 0.253 e. The molecule has 1 N–H and O–H groups in total. The lowest BCUT2D eigenvalue weighted by Gasteiger charge is -2.34. The van der Waals surface area contributed by atoms with Crippen molar-refractivity contribution in [2.45, 2.75) is 6.42 Å². The molecule has 1 aromatic rings. The molecule has 0 radical (unpaired) electrons. The zero-order valence-electron chi connectivity index (χ0n) is 10.6. The van der Waals surface area contributed by atoms with Crippen LogP contribution >= 0.6 is 35.0 Å². The number of fused-ring (bicyclic) bond motifs is 1. The molecular formula is C14H18ClIN2O. The molecule has 104 valence electrons. The van der Waals surface area contributed by atoms with Crippen LogP contribution in [-0.4, -0.2) is 37.0 Å². The van der Waals surface area contributed by atoms with Crippen LogP contribution in [0.1, 0.15) is 16.8 Å². The average molecular weight is 393 g/mol. The molecule has 3 nitrogen and oxygen atoms in total. The van der Waals surface area contributed by atoms with Crippen LogP contribution in [0.15, 0.2) is 24.3 Å². The number of rotatable bonds is 1. The number of carbonyl (C=O) groups is 1. The standard InChI is InChI=1S/C14H17IN2O.ClH/c15-13-3-1-2-10(6-13)14(18)17-5-4-11-7-16-8-12(11)9-17;/h1-3,6,11-12,16H,4-5,7-9H2;1H. The number of halogens is 2. The second kappa shape index (κ2) is 6.41. The highest BCUT2D eigenvalue weighted by Crippen LogP contribution is 2.27. The number of hydrogen-bond acceptors (Lipinski definition) is 2. The van der Waals surface area contributed by atoms with Gasteiger partial charge in [0, 0.05) is 22.2 Å². The molecule has 0 aromatic heterocycles. The molecule has 2 unspecified atom stereocenters. The molecule has 2 fully saturated rings. The Morgan fingerprint density at radius 2 is 2.11 bits per heavy atom. The molecule has 0 saturated carbocycles. The van der Waals surface area contributed by atoms with Crippen molar-refractivity contribution < 1.29 is 4.79 Å². The first-order valence-electron chi connectivity index (χ1n) is 6.49. The van der Waals surface area contributed by atoms with Crippen molar-refractivity contribution in [2.75, 3.05) is 26.2 Å². The zero-order chi connectivity index (χ0) is 12.5. The number of nitrogens with one attached hydrogen (secondary N) is 1. The van der Waals surface area contributed by atoms with Gasteiger partial charge >= 0.3 is 0 Å². The van der Waals surface area contributed by atoms with Crippen LogP contribution < -0.4 is 5.32 Å². The van der Waals surface area contributed by atoms with E-state index in [0.717, 1.165) is 47.7 Å². The van der Waals surface area contributed by atoms with Gasteiger partial charge in [-0.3, -0.25) is 4.79 Å². The highest BCUT2D eigenvalue weighted by Gasteiger charge is 2.34. The molecule has 2 saturated heterocycles. The van der Waals surface area contributed by atoms with E-state index in [0.29, 0.717) is 5.92 Å². The van der Waals surface area contributed by atoms with E-state index >= 15 is 0 Å². The number of piperidine rings is 1. The summed E-state index contributed by atoms with van der Waals surface area (Å²) in [4.78, 5) is 14.5. The minimum absolute atomic E-state index is 0. The van der Waals surface area contributed by atoms with E-state index in [4.69, 9.17) is 0 Å². The summed E-state index contributed by atoms with van der Waals surface area (Å²) in [6.45, 7) is 4.03. The quantitative estimate of drug-likeness (QED) is 0.745. The normalized spacial score (nSPS) is 25.6. The lowest BCUT2D eigenvalue weighted by molar-refractivity contribution is 0.0642. The third-order valence-electron chi connectivity index (χ3n) is 4.06. The predicted molar refractivity (Wildman–Crippen MR) is 86.8 cm³/mol. The Morgan fingerprint density at radius 1 is 1.32 bits per heavy atom. The topological polar surface area (TPSA) is 32.3 Å². The van der Waals surface area contributed by atoms with Gasteiger partial charge in [0.2, 0.25) is 0 Å². The average Bonchev–Trinajstić information content (AvgIpc) is 2.85. The van der Waals surface area contributed by atoms with Gasteiger partial charge in [-0.1, -0.05) is 6.07 Å². The minimum atomic E-state index is 0. The van der Waals surface area contributed by atoms with Crippen LogP contribution in [0, 0.1) is 15.4 Å². The summed E-state index contributed by atoms with van der Waals surface area (Å²) in [5.41, 5.74) is 0.825. The molecule has 1 amide bonds. The highest BCUT2D eigenvalue weighted by atomic mass is 127. The number of benzene rings is 1. The summed E-state index contributed by atoms with van der Waals surface area (Å²) in [7, 11) is 0. The Bertz CT molecular complexity index is 469. The van der Waals surface area contributed by atoms with Crippen molar-refractivity contribution >= 4 is 40.9 Å². The molecule has 1 aromatic carbocycles. The Kier molecular flexibility index (Phi) is 5.09. The largest absolute Gasteiger partial charge is 0.338 e. The molecule has 3 rings (SSSR count). The van der Waals surface area contributed by atoms with E-state index < -0.39 is 0 Å². The summed E-state index contributed by atoms with van der Waals surface area (Å²) in [6, 6.07) is 7.87. The molecule has 5 heteroatoms. The minimum Gasteiger partial charge on any atom is -0.338 e. The predicted octanol–water partition coefficient (Wildman–Crippen LogP) is 2.39. The van der Waals surface area contributed by atoms with Crippen LogP contribution in [0.3, 0.4) is 0 Å². The number of carbonyl (C=O) groups excluding carboxylic acids is 1. The number of nitrogens with zero attached hydrogens (tertiary/aromatic N) is 1. The van der Waals surface area contributed by atoms with Gasteiger partial charge in [-0.25, -0.2) is 0 Å². The molecular weight excluding hydrogens is 375 g/mol. The van der Waals surface area contributed by atoms with Crippen molar-refractivity contribution in [3.8, 4) is 0 Å². The molecule has 2 aliphatic heterocycles. The van der Waals surface area contributed by atoms with Crippen LogP contribution in [0.2, 0.25) is 0 Å². The summed E-state index contributed by atoms with van der Waals surface area (Å²) < 4.78 is 1.12. The summed E-state index contributed by atoms with van der Waals surface area (Å²) in [5, 5.41) is 3.43. The summed E-state index contributed by atoms with van der Waals surface area (Å²) >= 11 is 2.25. The Balaban J connectivity index is 0.00000133. The molecule has 0 spiro atoms. The first kappa shape index (κ1) is 15.1. The Labute approximate surface area is 133 Å².